The van der Waals surface area contributed by atoms with E-state index in [1.165, 1.54) is 0 Å². The molecule has 0 radical (unpaired) electrons. The van der Waals surface area contributed by atoms with Gasteiger partial charge in [0, 0.05) is 0 Å². The van der Waals surface area contributed by atoms with Crippen molar-refractivity contribution < 1.29 is 14.9 Å². The summed E-state index contributed by atoms with van der Waals surface area (Å²) in [6.07, 6.45) is 1.56. The minimum absolute atomic E-state index is 0.247. The van der Waals surface area contributed by atoms with Crippen molar-refractivity contribution in [3.63, 3.8) is 0 Å². The predicted molar refractivity (Wildman–Crippen MR) is 76.1 cm³/mol. The fourth-order valence-electron chi connectivity index (χ4n) is 1.99. The Bertz CT molecular complexity index is 379. The van der Waals surface area contributed by atoms with Crippen LogP contribution in [-0.4, -0.2) is 29.0 Å². The fourth-order valence-corrected chi connectivity index (χ4v) is 1.99. The zero-order valence-corrected chi connectivity index (χ0v) is 11.8. The van der Waals surface area contributed by atoms with E-state index in [9.17, 15) is 10.2 Å². The Labute approximate surface area is 115 Å². The lowest BCUT2D eigenvalue weighted by atomic mass is 10.0. The van der Waals surface area contributed by atoms with Crippen LogP contribution in [0.25, 0.3) is 0 Å². The first-order valence-electron chi connectivity index (χ1n) is 6.82. The fraction of sp³-hybridized carbons (Fsp3) is 0.600. The van der Waals surface area contributed by atoms with Gasteiger partial charge in [0.05, 0.1) is 11.7 Å². The molecular weight excluding hydrogens is 242 g/mol. The lowest BCUT2D eigenvalue weighted by Gasteiger charge is -2.23. The zero-order valence-electron chi connectivity index (χ0n) is 11.8. The predicted octanol–water partition coefficient (Wildman–Crippen LogP) is 2.00. The number of benzene rings is 1. The Morgan fingerprint density at radius 1 is 1.42 bits per heavy atom. The van der Waals surface area contributed by atoms with Crippen LogP contribution in [0, 0.1) is 0 Å². The molecule has 4 nitrogen and oxygen atoms in total. The zero-order chi connectivity index (χ0) is 14.3. The van der Waals surface area contributed by atoms with Gasteiger partial charge >= 0.3 is 0 Å². The average molecular weight is 267 g/mol. The van der Waals surface area contributed by atoms with Crippen LogP contribution < -0.4 is 10.5 Å². The monoisotopic (exact) mass is 267 g/mol. The molecule has 0 heterocycles. The molecule has 0 aliphatic carbocycles. The van der Waals surface area contributed by atoms with Gasteiger partial charge in [-0.1, -0.05) is 25.5 Å². The van der Waals surface area contributed by atoms with E-state index >= 15 is 0 Å². The van der Waals surface area contributed by atoms with E-state index in [-0.39, 0.29) is 6.61 Å². The van der Waals surface area contributed by atoms with Crippen molar-refractivity contribution in [1.82, 2.24) is 0 Å². The minimum Gasteiger partial charge on any atom is -0.491 e. The Morgan fingerprint density at radius 2 is 2.16 bits per heavy atom. The summed E-state index contributed by atoms with van der Waals surface area (Å²) in [5, 5.41) is 19.9. The third kappa shape index (κ3) is 5.59. The molecular formula is C15H25NO3. The first kappa shape index (κ1) is 16.0. The van der Waals surface area contributed by atoms with Gasteiger partial charge in [-0.05, 0) is 44.0 Å². The van der Waals surface area contributed by atoms with E-state index in [0.29, 0.717) is 25.1 Å². The quantitative estimate of drug-likeness (QED) is 0.673. The number of hydrogen-bond acceptors (Lipinski definition) is 4. The van der Waals surface area contributed by atoms with Crippen LogP contribution in [0.1, 0.15) is 44.8 Å². The van der Waals surface area contributed by atoms with Crippen LogP contribution in [0.5, 0.6) is 5.75 Å². The minimum atomic E-state index is -0.819. The summed E-state index contributed by atoms with van der Waals surface area (Å²) in [7, 11) is 0. The summed E-state index contributed by atoms with van der Waals surface area (Å²) in [4.78, 5) is 0. The molecule has 0 saturated carbocycles. The van der Waals surface area contributed by atoms with Crippen molar-refractivity contribution in [1.29, 1.82) is 0 Å². The molecule has 0 fully saturated rings. The van der Waals surface area contributed by atoms with Crippen molar-refractivity contribution in [2.75, 3.05) is 13.2 Å². The number of rotatable bonds is 8. The van der Waals surface area contributed by atoms with Gasteiger partial charge in [0.2, 0.25) is 0 Å². The van der Waals surface area contributed by atoms with Gasteiger partial charge < -0.3 is 20.7 Å². The largest absolute Gasteiger partial charge is 0.491 e. The van der Waals surface area contributed by atoms with Gasteiger partial charge in [0.15, 0.2) is 0 Å². The second kappa shape index (κ2) is 7.48. The van der Waals surface area contributed by atoms with E-state index in [4.69, 9.17) is 10.5 Å². The highest BCUT2D eigenvalue weighted by atomic mass is 16.5. The molecule has 2 atom stereocenters. The van der Waals surface area contributed by atoms with Crippen molar-refractivity contribution in [3.05, 3.63) is 29.8 Å². The Balaban J connectivity index is 2.62. The molecule has 0 saturated heterocycles. The Kier molecular flexibility index (Phi) is 6.28. The summed E-state index contributed by atoms with van der Waals surface area (Å²) in [5.74, 6) is 0.657. The van der Waals surface area contributed by atoms with Gasteiger partial charge in [-0.15, -0.1) is 0 Å². The smallest absolute Gasteiger partial charge is 0.119 e. The summed E-state index contributed by atoms with van der Waals surface area (Å²) >= 11 is 0. The van der Waals surface area contributed by atoms with Gasteiger partial charge in [0.25, 0.3) is 0 Å². The molecule has 19 heavy (non-hydrogen) atoms. The van der Waals surface area contributed by atoms with Gasteiger partial charge in [-0.25, -0.2) is 0 Å². The summed E-state index contributed by atoms with van der Waals surface area (Å²) < 4.78 is 5.60. The first-order chi connectivity index (χ1) is 8.98. The normalized spacial score (nSPS) is 15.8. The van der Waals surface area contributed by atoms with Gasteiger partial charge in [0.1, 0.15) is 12.4 Å². The summed E-state index contributed by atoms with van der Waals surface area (Å²) in [5.41, 5.74) is 5.40. The van der Waals surface area contributed by atoms with E-state index < -0.39 is 11.7 Å². The van der Waals surface area contributed by atoms with Crippen LogP contribution in [0.4, 0.5) is 0 Å². The van der Waals surface area contributed by atoms with Crippen LogP contribution >= 0.6 is 0 Å². The molecule has 108 valence electrons. The van der Waals surface area contributed by atoms with Crippen LogP contribution in [0.15, 0.2) is 24.3 Å². The standard InChI is InChI=1S/C15H25NO3/c1-3-8-15(2,18)11-19-13-6-4-5-12(10-13)14(17)7-9-16/h4-6,10,14,17-18H,3,7-9,11,16H2,1-2H3. The molecule has 0 aliphatic rings. The van der Waals surface area contributed by atoms with Crippen molar-refractivity contribution in [3.8, 4) is 5.75 Å². The highest BCUT2D eigenvalue weighted by Crippen LogP contribution is 2.22. The summed E-state index contributed by atoms with van der Waals surface area (Å²) in [6, 6.07) is 7.29. The molecule has 1 aromatic rings. The SMILES string of the molecule is CCCC(C)(O)COc1cccc(C(O)CCN)c1. The van der Waals surface area contributed by atoms with Crippen LogP contribution in [0.2, 0.25) is 0 Å². The van der Waals surface area contributed by atoms with E-state index in [1.807, 2.05) is 25.1 Å². The topological polar surface area (TPSA) is 75.7 Å². The third-order valence-electron chi connectivity index (χ3n) is 3.02. The van der Waals surface area contributed by atoms with E-state index in [1.54, 1.807) is 13.0 Å². The second-order valence-corrected chi connectivity index (χ2v) is 5.20. The Morgan fingerprint density at radius 3 is 2.79 bits per heavy atom. The van der Waals surface area contributed by atoms with E-state index in [2.05, 4.69) is 0 Å². The highest BCUT2D eigenvalue weighted by Gasteiger charge is 2.20. The molecule has 2 unspecified atom stereocenters. The number of ether oxygens (including phenoxy) is 1. The maximum Gasteiger partial charge on any atom is 0.119 e. The number of hydrogen-bond donors (Lipinski definition) is 3. The molecule has 4 heteroatoms. The van der Waals surface area contributed by atoms with Crippen LogP contribution in [0.3, 0.4) is 0 Å². The maximum atomic E-state index is 10.0. The van der Waals surface area contributed by atoms with Crippen molar-refractivity contribution in [2.24, 2.45) is 5.73 Å². The number of nitrogens with two attached hydrogens (primary N) is 1. The van der Waals surface area contributed by atoms with Crippen molar-refractivity contribution >= 4 is 0 Å². The first-order valence-corrected chi connectivity index (χ1v) is 6.82. The van der Waals surface area contributed by atoms with Crippen LogP contribution in [-0.2, 0) is 0 Å². The lowest BCUT2D eigenvalue weighted by Crippen LogP contribution is -2.31. The van der Waals surface area contributed by atoms with Gasteiger partial charge in [-0.2, -0.15) is 0 Å². The molecule has 4 N–H and O–H groups in total. The average Bonchev–Trinajstić information content (AvgIpc) is 2.37. The maximum absolute atomic E-state index is 10.0. The molecule has 1 rings (SSSR count). The molecule has 0 aliphatic heterocycles. The number of aliphatic hydroxyl groups is 2. The van der Waals surface area contributed by atoms with Gasteiger partial charge in [-0.3, -0.25) is 0 Å². The third-order valence-corrected chi connectivity index (χ3v) is 3.02. The lowest BCUT2D eigenvalue weighted by molar-refractivity contribution is 0.00377. The second-order valence-electron chi connectivity index (χ2n) is 5.20. The molecule has 0 amide bonds. The highest BCUT2D eigenvalue weighted by molar-refractivity contribution is 5.30. The number of aliphatic hydroxyl groups excluding tert-OH is 1. The molecule has 1 aromatic carbocycles. The molecule has 0 bridgehead atoms. The Hall–Kier alpha value is -1.10. The molecule has 0 spiro atoms. The van der Waals surface area contributed by atoms with E-state index in [0.717, 1.165) is 12.0 Å². The summed E-state index contributed by atoms with van der Waals surface area (Å²) in [6.45, 7) is 4.48. The van der Waals surface area contributed by atoms with Crippen molar-refractivity contribution in [2.45, 2.75) is 44.8 Å². The molecule has 0 aromatic heterocycles.